The van der Waals surface area contributed by atoms with Gasteiger partial charge in [-0.15, -0.1) is 11.8 Å². The van der Waals surface area contributed by atoms with Crippen molar-refractivity contribution in [2.75, 3.05) is 20.0 Å². The number of amides is 3. The second-order valence-electron chi connectivity index (χ2n) is 6.31. The van der Waals surface area contributed by atoms with Crippen LogP contribution >= 0.6 is 11.8 Å². The van der Waals surface area contributed by atoms with Crippen LogP contribution < -0.4 is 20.3 Å². The molecule has 0 aliphatic carbocycles. The number of ether oxygens (including phenoxy) is 2. The summed E-state index contributed by atoms with van der Waals surface area (Å²) < 4.78 is 10.3. The maximum atomic E-state index is 12.5. The van der Waals surface area contributed by atoms with Crippen LogP contribution in [-0.2, 0) is 9.59 Å². The Labute approximate surface area is 155 Å². The van der Waals surface area contributed by atoms with Crippen molar-refractivity contribution in [1.82, 2.24) is 15.8 Å². The van der Waals surface area contributed by atoms with E-state index in [1.165, 1.54) is 26.4 Å². The predicted octanol–water partition coefficient (Wildman–Crippen LogP) is 0.919. The maximum absolute atomic E-state index is 12.5. The van der Waals surface area contributed by atoms with E-state index in [2.05, 4.69) is 10.9 Å². The van der Waals surface area contributed by atoms with E-state index in [-0.39, 0.29) is 16.3 Å². The molecule has 1 aromatic rings. The highest BCUT2D eigenvalue weighted by molar-refractivity contribution is 8.01. The van der Waals surface area contributed by atoms with Crippen LogP contribution in [0.2, 0.25) is 0 Å². The fourth-order valence-corrected chi connectivity index (χ4v) is 4.66. The number of benzene rings is 1. The summed E-state index contributed by atoms with van der Waals surface area (Å²) in [7, 11) is 2.97. The molecule has 0 radical (unpaired) electrons. The van der Waals surface area contributed by atoms with Gasteiger partial charge in [0.2, 0.25) is 5.91 Å². The number of nitrogens with zero attached hydrogens (tertiary/aromatic N) is 1. The summed E-state index contributed by atoms with van der Waals surface area (Å²) in [5.74, 6) is 0.507. The lowest BCUT2D eigenvalue weighted by molar-refractivity contribution is -0.138. The second-order valence-corrected chi connectivity index (χ2v) is 7.81. The lowest BCUT2D eigenvalue weighted by atomic mass is 10.2. The molecule has 0 saturated carbocycles. The normalized spacial score (nSPS) is 24.2. The highest BCUT2D eigenvalue weighted by Gasteiger charge is 2.52. The molecule has 0 unspecified atom stereocenters. The summed E-state index contributed by atoms with van der Waals surface area (Å²) in [6.45, 7) is 1.97. The van der Waals surface area contributed by atoms with E-state index in [0.717, 1.165) is 6.42 Å². The Morgan fingerprint density at radius 1 is 1.19 bits per heavy atom. The molecule has 0 aromatic heterocycles. The van der Waals surface area contributed by atoms with Gasteiger partial charge in [0, 0.05) is 23.8 Å². The summed E-state index contributed by atoms with van der Waals surface area (Å²) in [4.78, 5) is 38.2. The SMILES string of the molecule is COc1cc(OC)cc(C(=O)NNC(=O)[C@H]2CS[C@@]3(C)CCC(=O)N23)c1. The molecule has 3 rings (SSSR count). The van der Waals surface area contributed by atoms with Crippen molar-refractivity contribution in [3.8, 4) is 11.5 Å². The van der Waals surface area contributed by atoms with Gasteiger partial charge in [-0.25, -0.2) is 0 Å². The van der Waals surface area contributed by atoms with Gasteiger partial charge in [0.25, 0.3) is 11.8 Å². The number of thioether (sulfide) groups is 1. The van der Waals surface area contributed by atoms with Gasteiger partial charge in [-0.05, 0) is 25.5 Å². The van der Waals surface area contributed by atoms with Crippen LogP contribution in [0.1, 0.15) is 30.1 Å². The van der Waals surface area contributed by atoms with Crippen LogP contribution in [0.15, 0.2) is 18.2 Å². The average molecular weight is 379 g/mol. The third-order valence-electron chi connectivity index (χ3n) is 4.66. The van der Waals surface area contributed by atoms with E-state index in [0.29, 0.717) is 23.7 Å². The molecule has 26 heavy (non-hydrogen) atoms. The number of methoxy groups -OCH3 is 2. The molecule has 140 valence electrons. The minimum absolute atomic E-state index is 0.0264. The highest BCUT2D eigenvalue weighted by Crippen LogP contribution is 2.47. The second kappa shape index (κ2) is 7.06. The zero-order chi connectivity index (χ0) is 18.9. The monoisotopic (exact) mass is 379 g/mol. The van der Waals surface area contributed by atoms with Crippen LogP contribution in [0.4, 0.5) is 0 Å². The standard InChI is InChI=1S/C17H21N3O5S/c1-17-5-4-14(21)20(17)13(9-26-17)16(23)19-18-15(22)10-6-11(24-2)8-12(7-10)25-3/h6-8,13H,4-5,9H2,1-3H3,(H,18,22)(H,19,23)/t13-,17+/m1/s1. The molecule has 2 aliphatic rings. The molecule has 2 fully saturated rings. The van der Waals surface area contributed by atoms with Crippen molar-refractivity contribution in [1.29, 1.82) is 0 Å². The van der Waals surface area contributed by atoms with Crippen molar-refractivity contribution >= 4 is 29.5 Å². The van der Waals surface area contributed by atoms with Crippen molar-refractivity contribution < 1.29 is 23.9 Å². The summed E-state index contributed by atoms with van der Waals surface area (Å²) in [5.41, 5.74) is 5.09. The van der Waals surface area contributed by atoms with Gasteiger partial charge < -0.3 is 14.4 Å². The molecule has 2 heterocycles. The zero-order valence-electron chi connectivity index (χ0n) is 14.8. The Bertz CT molecular complexity index is 734. The first-order chi connectivity index (χ1) is 12.4. The Balaban J connectivity index is 1.65. The number of rotatable bonds is 4. The maximum Gasteiger partial charge on any atom is 0.269 e. The number of fused-ring (bicyclic) bond motifs is 1. The lowest BCUT2D eigenvalue weighted by Gasteiger charge is -2.29. The smallest absolute Gasteiger partial charge is 0.269 e. The Morgan fingerprint density at radius 2 is 1.85 bits per heavy atom. The third kappa shape index (κ3) is 3.31. The van der Waals surface area contributed by atoms with Crippen molar-refractivity contribution in [3.05, 3.63) is 23.8 Å². The molecule has 0 bridgehead atoms. The minimum atomic E-state index is -0.583. The summed E-state index contributed by atoms with van der Waals surface area (Å²) in [6.07, 6.45) is 1.18. The first-order valence-electron chi connectivity index (χ1n) is 8.17. The number of hydrogen-bond donors (Lipinski definition) is 2. The van der Waals surface area contributed by atoms with Gasteiger partial charge in [-0.2, -0.15) is 0 Å². The third-order valence-corrected chi connectivity index (χ3v) is 6.17. The van der Waals surface area contributed by atoms with Crippen molar-refractivity contribution in [3.63, 3.8) is 0 Å². The van der Waals surface area contributed by atoms with E-state index in [1.54, 1.807) is 22.7 Å². The van der Waals surface area contributed by atoms with E-state index < -0.39 is 17.9 Å². The predicted molar refractivity (Wildman–Crippen MR) is 95.9 cm³/mol. The molecule has 2 N–H and O–H groups in total. The average Bonchev–Trinajstić information content (AvgIpc) is 3.14. The lowest BCUT2D eigenvalue weighted by Crippen LogP contribution is -2.54. The van der Waals surface area contributed by atoms with E-state index in [9.17, 15) is 14.4 Å². The molecule has 2 atom stereocenters. The number of carbonyl (C=O) groups is 3. The topological polar surface area (TPSA) is 97.0 Å². The van der Waals surface area contributed by atoms with Gasteiger partial charge in [-0.3, -0.25) is 25.2 Å². The number of hydrogen-bond acceptors (Lipinski definition) is 6. The molecule has 3 amide bonds. The summed E-state index contributed by atoms with van der Waals surface area (Å²) in [5, 5.41) is 0. The Kier molecular flexibility index (Phi) is 4.99. The summed E-state index contributed by atoms with van der Waals surface area (Å²) >= 11 is 1.59. The molecular formula is C17H21N3O5S. The number of hydrazine groups is 1. The van der Waals surface area contributed by atoms with Crippen LogP contribution in [0.5, 0.6) is 11.5 Å². The van der Waals surface area contributed by atoms with Crippen LogP contribution in [-0.4, -0.2) is 53.5 Å². The van der Waals surface area contributed by atoms with Crippen molar-refractivity contribution in [2.45, 2.75) is 30.7 Å². The van der Waals surface area contributed by atoms with Crippen LogP contribution in [0, 0.1) is 0 Å². The zero-order valence-corrected chi connectivity index (χ0v) is 15.6. The molecule has 0 spiro atoms. The van der Waals surface area contributed by atoms with Gasteiger partial charge in [0.15, 0.2) is 0 Å². The van der Waals surface area contributed by atoms with Crippen LogP contribution in [0.25, 0.3) is 0 Å². The first kappa shape index (κ1) is 18.4. The highest BCUT2D eigenvalue weighted by atomic mass is 32.2. The summed E-state index contributed by atoms with van der Waals surface area (Å²) in [6, 6.07) is 4.14. The quantitative estimate of drug-likeness (QED) is 0.755. The molecule has 8 nitrogen and oxygen atoms in total. The first-order valence-corrected chi connectivity index (χ1v) is 9.16. The Morgan fingerprint density at radius 3 is 2.46 bits per heavy atom. The largest absolute Gasteiger partial charge is 0.497 e. The molecule has 9 heteroatoms. The fourth-order valence-electron chi connectivity index (χ4n) is 3.23. The van der Waals surface area contributed by atoms with E-state index in [1.807, 2.05) is 6.92 Å². The van der Waals surface area contributed by atoms with Gasteiger partial charge in [0.1, 0.15) is 17.5 Å². The molecular weight excluding hydrogens is 358 g/mol. The minimum Gasteiger partial charge on any atom is -0.497 e. The van der Waals surface area contributed by atoms with Gasteiger partial charge >= 0.3 is 0 Å². The van der Waals surface area contributed by atoms with Crippen molar-refractivity contribution in [2.24, 2.45) is 0 Å². The number of carbonyl (C=O) groups excluding carboxylic acids is 3. The van der Waals surface area contributed by atoms with E-state index >= 15 is 0 Å². The molecule has 2 aliphatic heterocycles. The van der Waals surface area contributed by atoms with Gasteiger partial charge in [-0.1, -0.05) is 0 Å². The van der Waals surface area contributed by atoms with Gasteiger partial charge in [0.05, 0.1) is 19.1 Å². The molecule has 2 saturated heterocycles. The number of nitrogens with one attached hydrogen (secondary N) is 2. The molecule has 1 aromatic carbocycles. The van der Waals surface area contributed by atoms with Crippen LogP contribution in [0.3, 0.4) is 0 Å². The fraction of sp³-hybridized carbons (Fsp3) is 0.471. The Hall–Kier alpha value is -2.42. The van der Waals surface area contributed by atoms with E-state index in [4.69, 9.17) is 9.47 Å².